The fraction of sp³-hybridized carbons (Fsp3) is 0.500. The maximum atomic E-state index is 11.5. The van der Waals surface area contributed by atoms with Gasteiger partial charge >= 0.3 is 0 Å². The molecule has 0 radical (unpaired) electrons. The van der Waals surface area contributed by atoms with E-state index in [1.807, 2.05) is 13.8 Å². The van der Waals surface area contributed by atoms with E-state index in [0.29, 0.717) is 5.11 Å². The molecule has 0 aromatic carbocycles. The Bertz CT molecular complexity index is 390. The number of amides is 1. The summed E-state index contributed by atoms with van der Waals surface area (Å²) in [6.45, 7) is 4.90. The van der Waals surface area contributed by atoms with Crippen molar-refractivity contribution in [2.45, 2.75) is 26.8 Å². The number of nitrogens with one attached hydrogen (secondary N) is 3. The van der Waals surface area contributed by atoms with Gasteiger partial charge in [0.2, 0.25) is 0 Å². The van der Waals surface area contributed by atoms with Crippen molar-refractivity contribution < 1.29 is 4.79 Å². The summed E-state index contributed by atoms with van der Waals surface area (Å²) >= 11 is 4.95. The molecule has 3 N–H and O–H groups in total. The number of hydrogen-bond acceptors (Lipinski definition) is 3. The Labute approximate surface area is 106 Å². The lowest BCUT2D eigenvalue weighted by molar-refractivity contribution is -0.122. The van der Waals surface area contributed by atoms with E-state index in [0.717, 1.165) is 18.5 Å². The van der Waals surface area contributed by atoms with E-state index < -0.39 is 0 Å². The van der Waals surface area contributed by atoms with Gasteiger partial charge in [-0.05, 0) is 31.1 Å². The Hall–Kier alpha value is -1.63. The maximum absolute atomic E-state index is 11.5. The molecule has 1 aromatic rings. The SMILES string of the molecule is CCCNC(=S)NNC(=O)Cn1cc(C)cn1. The number of aromatic nitrogens is 2. The van der Waals surface area contributed by atoms with Crippen LogP contribution in [0.1, 0.15) is 18.9 Å². The van der Waals surface area contributed by atoms with Crippen molar-refractivity contribution in [1.29, 1.82) is 0 Å². The van der Waals surface area contributed by atoms with E-state index in [9.17, 15) is 4.79 Å². The number of thiocarbonyl (C=S) groups is 1. The second kappa shape index (κ2) is 6.85. The van der Waals surface area contributed by atoms with Crippen molar-refractivity contribution in [3.8, 4) is 0 Å². The second-order valence-electron chi connectivity index (χ2n) is 3.64. The van der Waals surface area contributed by atoms with Crippen molar-refractivity contribution in [1.82, 2.24) is 25.9 Å². The molecule has 0 atom stereocenters. The number of carbonyl (C=O) groups excluding carboxylic acids is 1. The molecule has 0 aliphatic rings. The highest BCUT2D eigenvalue weighted by molar-refractivity contribution is 7.80. The predicted octanol–water partition coefficient (Wildman–Crippen LogP) is 0.0968. The molecule has 94 valence electrons. The smallest absolute Gasteiger partial charge is 0.260 e. The first-order chi connectivity index (χ1) is 8.11. The highest BCUT2D eigenvalue weighted by Gasteiger charge is 2.03. The summed E-state index contributed by atoms with van der Waals surface area (Å²) in [5.74, 6) is -0.200. The van der Waals surface area contributed by atoms with E-state index >= 15 is 0 Å². The van der Waals surface area contributed by atoms with Crippen LogP contribution in [-0.4, -0.2) is 27.3 Å². The molecule has 1 heterocycles. The van der Waals surface area contributed by atoms with Crippen molar-refractivity contribution in [2.24, 2.45) is 0 Å². The molecule has 7 heteroatoms. The number of hydrogen-bond donors (Lipinski definition) is 3. The molecule has 0 unspecified atom stereocenters. The average Bonchev–Trinajstić information content (AvgIpc) is 2.69. The molecular weight excluding hydrogens is 238 g/mol. The van der Waals surface area contributed by atoms with Gasteiger partial charge < -0.3 is 5.32 Å². The van der Waals surface area contributed by atoms with E-state index in [1.165, 1.54) is 0 Å². The van der Waals surface area contributed by atoms with Crippen LogP contribution in [-0.2, 0) is 11.3 Å². The number of nitrogens with zero attached hydrogens (tertiary/aromatic N) is 2. The Morgan fingerprint density at radius 1 is 1.53 bits per heavy atom. The molecule has 0 aliphatic heterocycles. The van der Waals surface area contributed by atoms with Gasteiger partial charge in [-0.2, -0.15) is 5.10 Å². The molecule has 0 bridgehead atoms. The van der Waals surface area contributed by atoms with Gasteiger partial charge in [0.05, 0.1) is 6.20 Å². The van der Waals surface area contributed by atoms with Gasteiger partial charge in [-0.3, -0.25) is 20.3 Å². The minimum Gasteiger partial charge on any atom is -0.361 e. The first-order valence-electron chi connectivity index (χ1n) is 5.43. The number of aryl methyl sites for hydroxylation is 1. The van der Waals surface area contributed by atoms with Crippen LogP contribution in [0.2, 0.25) is 0 Å². The van der Waals surface area contributed by atoms with Crippen molar-refractivity contribution in [2.75, 3.05) is 6.54 Å². The normalized spacial score (nSPS) is 9.76. The van der Waals surface area contributed by atoms with Crippen molar-refractivity contribution in [3.05, 3.63) is 18.0 Å². The third-order valence-electron chi connectivity index (χ3n) is 1.92. The summed E-state index contributed by atoms with van der Waals surface area (Å²) in [6.07, 6.45) is 4.48. The largest absolute Gasteiger partial charge is 0.361 e. The molecule has 17 heavy (non-hydrogen) atoms. The van der Waals surface area contributed by atoms with Crippen molar-refractivity contribution in [3.63, 3.8) is 0 Å². The van der Waals surface area contributed by atoms with Gasteiger partial charge in [-0.15, -0.1) is 0 Å². The quantitative estimate of drug-likeness (QED) is 0.526. The zero-order valence-electron chi connectivity index (χ0n) is 9.99. The van der Waals surface area contributed by atoms with Gasteiger partial charge in [0.25, 0.3) is 5.91 Å². The lowest BCUT2D eigenvalue weighted by Gasteiger charge is -2.10. The molecule has 1 rings (SSSR count). The summed E-state index contributed by atoms with van der Waals surface area (Å²) < 4.78 is 1.56. The highest BCUT2D eigenvalue weighted by atomic mass is 32.1. The zero-order valence-corrected chi connectivity index (χ0v) is 10.8. The standard InChI is InChI=1S/C10H17N5OS/c1-3-4-11-10(17)14-13-9(16)7-15-6-8(2)5-12-15/h5-6H,3-4,7H2,1-2H3,(H,13,16)(H2,11,14,17). The van der Waals surface area contributed by atoms with Crippen LogP contribution in [0.5, 0.6) is 0 Å². The molecule has 6 nitrogen and oxygen atoms in total. The third-order valence-corrected chi connectivity index (χ3v) is 2.17. The summed E-state index contributed by atoms with van der Waals surface area (Å²) in [5.41, 5.74) is 6.14. The van der Waals surface area contributed by atoms with Crippen molar-refractivity contribution >= 4 is 23.2 Å². The summed E-state index contributed by atoms with van der Waals surface area (Å²) in [4.78, 5) is 11.5. The molecule has 0 saturated carbocycles. The van der Waals surface area contributed by atoms with Gasteiger partial charge in [0.1, 0.15) is 6.54 Å². The van der Waals surface area contributed by atoms with Gasteiger partial charge in [0, 0.05) is 12.7 Å². The van der Waals surface area contributed by atoms with E-state index in [4.69, 9.17) is 12.2 Å². The third kappa shape index (κ3) is 5.30. The summed E-state index contributed by atoms with van der Waals surface area (Å²) in [5, 5.41) is 7.36. The minimum atomic E-state index is -0.200. The van der Waals surface area contributed by atoms with E-state index in [1.54, 1.807) is 17.1 Å². The predicted molar refractivity (Wildman–Crippen MR) is 69.1 cm³/mol. The Kier molecular flexibility index (Phi) is 5.41. The summed E-state index contributed by atoms with van der Waals surface area (Å²) in [7, 11) is 0. The topological polar surface area (TPSA) is 71.0 Å². The van der Waals surface area contributed by atoms with E-state index in [-0.39, 0.29) is 12.5 Å². The molecular formula is C10H17N5OS. The maximum Gasteiger partial charge on any atom is 0.260 e. The number of rotatable bonds is 4. The van der Waals surface area contributed by atoms with Crippen LogP contribution < -0.4 is 16.2 Å². The van der Waals surface area contributed by atoms with Gasteiger partial charge in [0.15, 0.2) is 5.11 Å². The average molecular weight is 255 g/mol. The van der Waals surface area contributed by atoms with Crippen LogP contribution in [0.25, 0.3) is 0 Å². The van der Waals surface area contributed by atoms with E-state index in [2.05, 4.69) is 21.3 Å². The number of carbonyl (C=O) groups is 1. The second-order valence-corrected chi connectivity index (χ2v) is 4.05. The first kappa shape index (κ1) is 13.4. The molecule has 1 aromatic heterocycles. The summed E-state index contributed by atoms with van der Waals surface area (Å²) in [6, 6.07) is 0. The molecule has 0 aliphatic carbocycles. The zero-order chi connectivity index (χ0) is 12.7. The van der Waals surface area contributed by atoms with Gasteiger partial charge in [-0.1, -0.05) is 6.92 Å². The minimum absolute atomic E-state index is 0.164. The van der Waals surface area contributed by atoms with Crippen LogP contribution in [0, 0.1) is 6.92 Å². The molecule has 0 saturated heterocycles. The molecule has 0 fully saturated rings. The van der Waals surface area contributed by atoms with Crippen LogP contribution in [0.15, 0.2) is 12.4 Å². The van der Waals surface area contributed by atoms with Crippen LogP contribution in [0.4, 0.5) is 0 Å². The van der Waals surface area contributed by atoms with Crippen LogP contribution in [0.3, 0.4) is 0 Å². The Morgan fingerprint density at radius 3 is 2.88 bits per heavy atom. The lowest BCUT2D eigenvalue weighted by Crippen LogP contribution is -2.47. The fourth-order valence-electron chi connectivity index (χ4n) is 1.15. The number of hydrazine groups is 1. The Balaban J connectivity index is 2.23. The first-order valence-corrected chi connectivity index (χ1v) is 5.84. The lowest BCUT2D eigenvalue weighted by atomic mass is 10.4. The highest BCUT2D eigenvalue weighted by Crippen LogP contribution is 1.93. The molecule has 1 amide bonds. The molecule has 0 spiro atoms. The van der Waals surface area contributed by atoms with Crippen LogP contribution >= 0.6 is 12.2 Å². The van der Waals surface area contributed by atoms with Gasteiger partial charge in [-0.25, -0.2) is 0 Å². The monoisotopic (exact) mass is 255 g/mol. The Morgan fingerprint density at radius 2 is 2.29 bits per heavy atom. The fourth-order valence-corrected chi connectivity index (χ4v) is 1.30.